The Morgan fingerprint density at radius 2 is 1.25 bits per heavy atom. The lowest BCUT2D eigenvalue weighted by atomic mass is 9.84. The van der Waals surface area contributed by atoms with Gasteiger partial charge in [0, 0.05) is 11.3 Å². The summed E-state index contributed by atoms with van der Waals surface area (Å²) < 4.78 is 0. The number of carbonyl (C=O) groups excluding carboxylic acids is 1. The number of amides is 1. The van der Waals surface area contributed by atoms with Gasteiger partial charge in [-0.1, -0.05) is 99.1 Å². The summed E-state index contributed by atoms with van der Waals surface area (Å²) in [6, 6.07) is 37.1. The van der Waals surface area contributed by atoms with E-state index >= 15 is 4.79 Å². The molecular formula is C48H39NO2. The molecule has 10 rings (SSSR count). The topological polar surface area (TPSA) is 40.5 Å². The molecule has 3 nitrogen and oxygen atoms in total. The second kappa shape index (κ2) is 10.7. The number of fused-ring (bicyclic) bond motifs is 3. The van der Waals surface area contributed by atoms with Crippen LogP contribution in [0.4, 0.5) is 5.69 Å². The van der Waals surface area contributed by atoms with Gasteiger partial charge in [-0.15, -0.1) is 0 Å². The Morgan fingerprint density at radius 1 is 0.627 bits per heavy atom. The average molecular weight is 662 g/mol. The molecule has 1 aliphatic heterocycles. The number of aliphatic hydroxyl groups is 1. The van der Waals surface area contributed by atoms with Gasteiger partial charge in [-0.05, 0) is 156 Å². The Labute approximate surface area is 297 Å². The van der Waals surface area contributed by atoms with E-state index in [0.717, 1.165) is 56.6 Å². The van der Waals surface area contributed by atoms with Crippen molar-refractivity contribution in [2.45, 2.75) is 59.6 Å². The Morgan fingerprint density at radius 3 is 1.96 bits per heavy atom. The molecule has 0 bridgehead atoms. The van der Waals surface area contributed by atoms with Gasteiger partial charge < -0.3 is 5.11 Å². The second-order valence-electron chi connectivity index (χ2n) is 15.0. The molecule has 9 aromatic rings. The number of aliphatic hydroxyl groups excluding tert-OH is 1. The first-order valence-electron chi connectivity index (χ1n) is 18.3. The second-order valence-corrected chi connectivity index (χ2v) is 15.0. The molecule has 0 spiro atoms. The standard InChI is InChI=1S/C48H39NO2/c1-6-11-26(3)31-13-9-10-15-33(31)37-24-39-44-42-35(37)21-18-29-17-20-34-36(32-14-8-7-12-27(32)4)23-38(43(44)41(34)40(29)42)45-46(39)48(51)49(47(45)50)30-19-16-25(2)28(5)22-30/h7-10,12-24,26,47,50H,6,11H2,1-5H3. The zero-order chi connectivity index (χ0) is 34.9. The van der Waals surface area contributed by atoms with Crippen molar-refractivity contribution in [1.29, 1.82) is 0 Å². The average Bonchev–Trinajstić information content (AvgIpc) is 3.64. The van der Waals surface area contributed by atoms with Crippen LogP contribution in [0.5, 0.6) is 0 Å². The Balaban J connectivity index is 1.41. The van der Waals surface area contributed by atoms with E-state index < -0.39 is 6.23 Å². The minimum Gasteiger partial charge on any atom is -0.369 e. The van der Waals surface area contributed by atoms with E-state index in [1.807, 2.05) is 18.2 Å². The van der Waals surface area contributed by atoms with E-state index in [1.54, 1.807) is 4.90 Å². The lowest BCUT2D eigenvalue weighted by Gasteiger charge is -2.22. The van der Waals surface area contributed by atoms with Crippen LogP contribution in [0.25, 0.3) is 76.1 Å². The largest absolute Gasteiger partial charge is 0.369 e. The van der Waals surface area contributed by atoms with Crippen LogP contribution >= 0.6 is 0 Å². The minimum atomic E-state index is -1.12. The number of benzene rings is 8. The van der Waals surface area contributed by atoms with Gasteiger partial charge in [0.25, 0.3) is 5.91 Å². The number of carbonyl (C=O) groups is 1. The molecule has 0 radical (unpaired) electrons. The number of anilines is 1. The molecule has 1 N–H and O–H groups in total. The number of hydrogen-bond acceptors (Lipinski definition) is 2. The number of rotatable bonds is 6. The molecule has 0 aliphatic carbocycles. The molecule has 0 saturated carbocycles. The van der Waals surface area contributed by atoms with Crippen molar-refractivity contribution in [2.75, 3.05) is 4.90 Å². The molecule has 2 unspecified atom stereocenters. The fraction of sp³-hybridized carbons (Fsp3) is 0.188. The van der Waals surface area contributed by atoms with Crippen molar-refractivity contribution in [2.24, 2.45) is 0 Å². The summed E-state index contributed by atoms with van der Waals surface area (Å²) in [4.78, 5) is 16.6. The third-order valence-electron chi connectivity index (χ3n) is 12.1. The van der Waals surface area contributed by atoms with Gasteiger partial charge in [0.05, 0.1) is 5.56 Å². The normalized spacial score (nSPS) is 15.5. The lowest BCUT2D eigenvalue weighted by Crippen LogP contribution is -2.27. The van der Waals surface area contributed by atoms with E-state index in [4.69, 9.17) is 0 Å². The molecule has 2 atom stereocenters. The van der Waals surface area contributed by atoms with Gasteiger partial charge in [-0.25, -0.2) is 0 Å². The summed E-state index contributed by atoms with van der Waals surface area (Å²) in [5.41, 5.74) is 11.5. The van der Waals surface area contributed by atoms with Crippen LogP contribution in [0.15, 0.2) is 103 Å². The molecule has 248 valence electrons. The van der Waals surface area contributed by atoms with Gasteiger partial charge in [0.1, 0.15) is 0 Å². The predicted molar refractivity (Wildman–Crippen MR) is 214 cm³/mol. The maximum absolute atomic E-state index is 15.0. The van der Waals surface area contributed by atoms with Gasteiger partial charge in [-0.2, -0.15) is 0 Å². The number of aryl methyl sites for hydroxylation is 3. The van der Waals surface area contributed by atoms with Crippen molar-refractivity contribution in [3.63, 3.8) is 0 Å². The zero-order valence-electron chi connectivity index (χ0n) is 29.7. The van der Waals surface area contributed by atoms with Crippen LogP contribution < -0.4 is 4.90 Å². The summed E-state index contributed by atoms with van der Waals surface area (Å²) >= 11 is 0. The molecular weight excluding hydrogens is 623 g/mol. The van der Waals surface area contributed by atoms with Crippen molar-refractivity contribution < 1.29 is 9.90 Å². The minimum absolute atomic E-state index is 0.152. The first-order chi connectivity index (χ1) is 24.8. The molecule has 0 fully saturated rings. The molecule has 9 aromatic carbocycles. The highest BCUT2D eigenvalue weighted by molar-refractivity contribution is 6.48. The third-order valence-corrected chi connectivity index (χ3v) is 12.1. The van der Waals surface area contributed by atoms with E-state index in [2.05, 4.69) is 120 Å². The SMILES string of the molecule is CCCC(C)c1ccccc1-c1cc2c3c(c4cc(-c5ccccc5C)c5ccc6ccc1c1c6c5c4c21)C(O)N(c1ccc(C)c(C)c1)C3=O. The summed E-state index contributed by atoms with van der Waals surface area (Å²) in [5, 5.41) is 24.0. The van der Waals surface area contributed by atoms with Gasteiger partial charge >= 0.3 is 0 Å². The monoisotopic (exact) mass is 661 g/mol. The number of nitrogens with zero attached hydrogens (tertiary/aromatic N) is 1. The fourth-order valence-electron chi connectivity index (χ4n) is 9.53. The van der Waals surface area contributed by atoms with Crippen LogP contribution in [0, 0.1) is 20.8 Å². The van der Waals surface area contributed by atoms with E-state index in [0.29, 0.717) is 22.7 Å². The zero-order valence-corrected chi connectivity index (χ0v) is 29.7. The number of hydrogen-bond donors (Lipinski definition) is 1. The van der Waals surface area contributed by atoms with Crippen LogP contribution in [0.3, 0.4) is 0 Å². The van der Waals surface area contributed by atoms with Gasteiger partial charge in [0.15, 0.2) is 6.23 Å². The van der Waals surface area contributed by atoms with Crippen LogP contribution in [-0.2, 0) is 0 Å². The summed E-state index contributed by atoms with van der Waals surface area (Å²) in [6.07, 6.45) is 1.09. The maximum Gasteiger partial charge on any atom is 0.261 e. The Kier molecular flexibility index (Phi) is 6.39. The van der Waals surface area contributed by atoms with Crippen molar-refractivity contribution >= 4 is 65.5 Å². The smallest absolute Gasteiger partial charge is 0.261 e. The molecule has 3 heteroatoms. The molecule has 1 amide bonds. The summed E-state index contributed by atoms with van der Waals surface area (Å²) in [7, 11) is 0. The van der Waals surface area contributed by atoms with Crippen molar-refractivity contribution in [1.82, 2.24) is 0 Å². The van der Waals surface area contributed by atoms with Crippen LogP contribution in [-0.4, -0.2) is 11.0 Å². The first-order valence-corrected chi connectivity index (χ1v) is 18.3. The maximum atomic E-state index is 15.0. The van der Waals surface area contributed by atoms with E-state index in [-0.39, 0.29) is 5.91 Å². The lowest BCUT2D eigenvalue weighted by molar-refractivity contribution is 0.0937. The van der Waals surface area contributed by atoms with E-state index in [9.17, 15) is 5.11 Å². The highest BCUT2D eigenvalue weighted by Gasteiger charge is 2.42. The highest BCUT2D eigenvalue weighted by Crippen LogP contribution is 2.56. The molecule has 1 heterocycles. The van der Waals surface area contributed by atoms with Crippen molar-refractivity contribution in [3.8, 4) is 22.3 Å². The molecule has 0 aromatic heterocycles. The fourth-order valence-corrected chi connectivity index (χ4v) is 9.53. The molecule has 0 saturated heterocycles. The quantitative estimate of drug-likeness (QED) is 0.180. The van der Waals surface area contributed by atoms with Crippen molar-refractivity contribution in [3.05, 3.63) is 137 Å². The van der Waals surface area contributed by atoms with Gasteiger partial charge in [0.2, 0.25) is 0 Å². The van der Waals surface area contributed by atoms with Gasteiger partial charge in [-0.3, -0.25) is 9.69 Å². The summed E-state index contributed by atoms with van der Waals surface area (Å²) in [6.45, 7) is 10.9. The summed E-state index contributed by atoms with van der Waals surface area (Å²) in [5.74, 6) is 0.237. The van der Waals surface area contributed by atoms with Crippen LogP contribution in [0.1, 0.15) is 77.0 Å². The Bertz CT molecular complexity index is 2860. The molecule has 1 aliphatic rings. The molecule has 51 heavy (non-hydrogen) atoms. The highest BCUT2D eigenvalue weighted by atomic mass is 16.3. The first kappa shape index (κ1) is 30.3. The Hall–Kier alpha value is -5.51. The third kappa shape index (κ3) is 3.96. The van der Waals surface area contributed by atoms with E-state index in [1.165, 1.54) is 54.6 Å². The predicted octanol–water partition coefficient (Wildman–Crippen LogP) is 12.6. The van der Waals surface area contributed by atoms with Crippen LogP contribution in [0.2, 0.25) is 0 Å².